The number of amides is 2. The fraction of sp³-hybridized carbons (Fsp3) is 0.632. The van der Waals surface area contributed by atoms with Crippen LogP contribution in [0.4, 0.5) is 23.7 Å². The monoisotopic (exact) mass is 370 g/mol. The lowest BCUT2D eigenvalue weighted by molar-refractivity contribution is -0.180. The van der Waals surface area contributed by atoms with E-state index in [4.69, 9.17) is 0 Å². The van der Waals surface area contributed by atoms with Crippen LogP contribution >= 0.6 is 0 Å². The van der Waals surface area contributed by atoms with Crippen LogP contribution in [0, 0.1) is 11.8 Å². The highest BCUT2D eigenvalue weighted by Crippen LogP contribution is 2.41. The molecule has 2 aliphatic heterocycles. The smallest absolute Gasteiger partial charge is 0.396 e. The van der Waals surface area contributed by atoms with Gasteiger partial charge in [0.05, 0.1) is 5.41 Å². The summed E-state index contributed by atoms with van der Waals surface area (Å²) in [4.78, 5) is 14.4. The highest BCUT2D eigenvalue weighted by molar-refractivity contribution is 5.89. The highest BCUT2D eigenvalue weighted by atomic mass is 19.4. The maximum absolute atomic E-state index is 13.1. The topological polar surface area (TPSA) is 52.6 Å². The summed E-state index contributed by atoms with van der Waals surface area (Å²) in [6.07, 6.45) is -1.43. The maximum atomic E-state index is 13.1. The molecule has 0 aromatic heterocycles. The summed E-state index contributed by atoms with van der Waals surface area (Å²) in [5, 5.41) is 12.3. The average molecular weight is 370 g/mol. The third-order valence-corrected chi connectivity index (χ3v) is 5.97. The van der Waals surface area contributed by atoms with Gasteiger partial charge in [0, 0.05) is 30.8 Å². The van der Waals surface area contributed by atoms with Crippen LogP contribution in [0.3, 0.4) is 0 Å². The van der Waals surface area contributed by atoms with Crippen molar-refractivity contribution < 1.29 is 23.1 Å². The van der Waals surface area contributed by atoms with Crippen LogP contribution in [0.1, 0.15) is 38.7 Å². The lowest BCUT2D eigenvalue weighted by Crippen LogP contribution is -2.57. The van der Waals surface area contributed by atoms with Crippen molar-refractivity contribution in [1.82, 2.24) is 4.90 Å². The second kappa shape index (κ2) is 6.76. The van der Waals surface area contributed by atoms with Gasteiger partial charge < -0.3 is 15.3 Å². The van der Waals surface area contributed by atoms with Crippen LogP contribution in [0.2, 0.25) is 0 Å². The van der Waals surface area contributed by atoms with Gasteiger partial charge in [-0.25, -0.2) is 4.79 Å². The molecule has 0 spiro atoms. The van der Waals surface area contributed by atoms with Gasteiger partial charge in [-0.05, 0) is 56.7 Å². The molecular weight excluding hydrogens is 345 g/mol. The van der Waals surface area contributed by atoms with E-state index in [2.05, 4.69) is 5.32 Å². The molecule has 2 bridgehead atoms. The molecule has 1 aromatic carbocycles. The average Bonchev–Trinajstić information content (AvgIpc) is 2.61. The lowest BCUT2D eigenvalue weighted by Gasteiger charge is -2.49. The van der Waals surface area contributed by atoms with Crippen LogP contribution in [0.5, 0.6) is 0 Å². The number of fused-ring (bicyclic) bond motifs is 3. The number of anilines is 1. The lowest BCUT2D eigenvalue weighted by atomic mass is 9.73. The normalized spacial score (nSPS) is 26.1. The van der Waals surface area contributed by atoms with Gasteiger partial charge in [-0.1, -0.05) is 12.1 Å². The summed E-state index contributed by atoms with van der Waals surface area (Å²) in [6, 6.07) is 5.61. The first-order valence-electron chi connectivity index (χ1n) is 8.99. The van der Waals surface area contributed by atoms with Gasteiger partial charge >= 0.3 is 12.2 Å². The molecule has 144 valence electrons. The molecule has 3 aliphatic rings. The molecule has 2 N–H and O–H groups in total. The number of carbonyl (C=O) groups is 1. The number of benzene rings is 1. The SMILES string of the molecule is CC(C)(c1ccc(NC(=O)N2CC3CCC2C(CO)C3)cc1)C(F)(F)F. The Morgan fingerprint density at radius 1 is 1.23 bits per heavy atom. The van der Waals surface area contributed by atoms with E-state index in [0.717, 1.165) is 33.1 Å². The molecule has 3 fully saturated rings. The Labute approximate surface area is 151 Å². The summed E-state index contributed by atoms with van der Waals surface area (Å²) in [6.45, 7) is 3.03. The standard InChI is InChI=1S/C19H25F3N2O2/c1-18(2,19(20,21)22)14-4-6-15(7-5-14)23-17(26)24-10-12-3-8-16(24)13(9-12)11-25/h4-7,12-13,16,25H,3,8-11H2,1-2H3,(H,23,26). The van der Waals surface area contributed by atoms with Crippen LogP contribution in [0.15, 0.2) is 24.3 Å². The van der Waals surface area contributed by atoms with Crippen LogP contribution in [-0.4, -0.2) is 41.4 Å². The molecule has 2 saturated heterocycles. The van der Waals surface area contributed by atoms with Gasteiger partial charge in [0.2, 0.25) is 0 Å². The zero-order chi connectivity index (χ0) is 19.1. The first-order chi connectivity index (χ1) is 12.1. The number of carbonyl (C=O) groups excluding carboxylic acids is 1. The molecule has 2 heterocycles. The van der Waals surface area contributed by atoms with Crippen molar-refractivity contribution in [3.63, 3.8) is 0 Å². The fourth-order valence-electron chi connectivity index (χ4n) is 4.09. The Kier molecular flexibility index (Phi) is 4.94. The highest BCUT2D eigenvalue weighted by Gasteiger charge is 2.48. The fourth-order valence-corrected chi connectivity index (χ4v) is 4.09. The van der Waals surface area contributed by atoms with Crippen molar-refractivity contribution in [1.29, 1.82) is 0 Å². The molecule has 1 aromatic rings. The van der Waals surface area contributed by atoms with Crippen molar-refractivity contribution in [3.8, 4) is 0 Å². The number of halogens is 3. The molecule has 7 heteroatoms. The predicted molar refractivity (Wildman–Crippen MR) is 93.0 cm³/mol. The molecule has 4 rings (SSSR count). The summed E-state index contributed by atoms with van der Waals surface area (Å²) < 4.78 is 39.4. The number of nitrogens with one attached hydrogen (secondary N) is 1. The van der Waals surface area contributed by atoms with E-state index < -0.39 is 11.6 Å². The quantitative estimate of drug-likeness (QED) is 0.840. The Morgan fingerprint density at radius 3 is 2.42 bits per heavy atom. The molecule has 3 unspecified atom stereocenters. The third kappa shape index (κ3) is 3.41. The number of rotatable bonds is 3. The summed E-state index contributed by atoms with van der Waals surface area (Å²) >= 11 is 0. The van der Waals surface area contributed by atoms with Crippen molar-refractivity contribution in [2.45, 2.75) is 50.7 Å². The first kappa shape index (κ1) is 19.0. The molecule has 26 heavy (non-hydrogen) atoms. The largest absolute Gasteiger partial charge is 0.397 e. The van der Waals surface area contributed by atoms with Crippen molar-refractivity contribution in [3.05, 3.63) is 29.8 Å². The zero-order valence-electron chi connectivity index (χ0n) is 15.0. The Morgan fingerprint density at radius 2 is 1.88 bits per heavy atom. The summed E-state index contributed by atoms with van der Waals surface area (Å²) in [5.74, 6) is 0.529. The van der Waals surface area contributed by atoms with Crippen molar-refractivity contribution >= 4 is 11.7 Å². The number of aliphatic hydroxyl groups is 1. The van der Waals surface area contributed by atoms with Crippen molar-refractivity contribution in [2.75, 3.05) is 18.5 Å². The molecule has 1 aliphatic carbocycles. The molecule has 1 saturated carbocycles. The minimum Gasteiger partial charge on any atom is -0.396 e. The van der Waals surface area contributed by atoms with Crippen LogP contribution < -0.4 is 5.32 Å². The minimum absolute atomic E-state index is 0.0356. The molecule has 2 amide bonds. The van der Waals surface area contributed by atoms with E-state index in [1.165, 1.54) is 24.3 Å². The first-order valence-corrected chi connectivity index (χ1v) is 8.99. The van der Waals surface area contributed by atoms with Gasteiger partial charge in [0.15, 0.2) is 0 Å². The number of urea groups is 1. The predicted octanol–water partition coefficient (Wildman–Crippen LogP) is 4.15. The van der Waals surface area contributed by atoms with Gasteiger partial charge in [0.25, 0.3) is 0 Å². The number of hydrogen-bond acceptors (Lipinski definition) is 2. The van der Waals surface area contributed by atoms with E-state index in [9.17, 15) is 23.1 Å². The third-order valence-electron chi connectivity index (χ3n) is 5.97. The maximum Gasteiger partial charge on any atom is 0.397 e. The molecular formula is C19H25F3N2O2. The van der Waals surface area contributed by atoms with Gasteiger partial charge in [-0.2, -0.15) is 13.2 Å². The van der Waals surface area contributed by atoms with E-state index in [1.54, 1.807) is 4.90 Å². The van der Waals surface area contributed by atoms with E-state index in [0.29, 0.717) is 18.2 Å². The number of hydrogen-bond donors (Lipinski definition) is 2. The molecule has 4 nitrogen and oxygen atoms in total. The Hall–Kier alpha value is -1.76. The molecule has 0 radical (unpaired) electrons. The van der Waals surface area contributed by atoms with Crippen LogP contribution in [-0.2, 0) is 5.41 Å². The van der Waals surface area contributed by atoms with Crippen LogP contribution in [0.25, 0.3) is 0 Å². The van der Waals surface area contributed by atoms with Gasteiger partial charge in [-0.3, -0.25) is 0 Å². The van der Waals surface area contributed by atoms with Gasteiger partial charge in [-0.15, -0.1) is 0 Å². The number of piperidine rings is 2. The number of nitrogens with zero attached hydrogens (tertiary/aromatic N) is 1. The van der Waals surface area contributed by atoms with E-state index in [-0.39, 0.29) is 30.2 Å². The second-order valence-electron chi connectivity index (χ2n) is 7.97. The second-order valence-corrected chi connectivity index (χ2v) is 7.97. The van der Waals surface area contributed by atoms with E-state index >= 15 is 0 Å². The Balaban J connectivity index is 1.69. The van der Waals surface area contributed by atoms with Crippen molar-refractivity contribution in [2.24, 2.45) is 11.8 Å². The number of aliphatic hydroxyl groups excluding tert-OH is 1. The molecule has 3 atom stereocenters. The zero-order valence-corrected chi connectivity index (χ0v) is 15.0. The van der Waals surface area contributed by atoms with Gasteiger partial charge in [0.1, 0.15) is 0 Å². The summed E-state index contributed by atoms with van der Waals surface area (Å²) in [5.41, 5.74) is -1.32. The Bertz CT molecular complexity index is 658. The minimum atomic E-state index is -4.34. The number of alkyl halides is 3. The van der Waals surface area contributed by atoms with E-state index in [1.807, 2.05) is 0 Å². The summed E-state index contributed by atoms with van der Waals surface area (Å²) in [7, 11) is 0.